The third-order valence-corrected chi connectivity index (χ3v) is 4.88. The summed E-state index contributed by atoms with van der Waals surface area (Å²) in [5, 5.41) is 0. The van der Waals surface area contributed by atoms with Gasteiger partial charge in [-0.3, -0.25) is 14.7 Å². The average Bonchev–Trinajstić information content (AvgIpc) is 3.21. The fourth-order valence-corrected chi connectivity index (χ4v) is 3.24. The number of rotatable bonds is 5. The Morgan fingerprint density at radius 3 is 2.62 bits per heavy atom. The highest BCUT2D eigenvalue weighted by atomic mass is 16.7. The Bertz CT molecular complexity index is 894. The van der Waals surface area contributed by atoms with E-state index >= 15 is 0 Å². The van der Waals surface area contributed by atoms with Gasteiger partial charge >= 0.3 is 5.97 Å². The minimum absolute atomic E-state index is 0.0944. The van der Waals surface area contributed by atoms with Gasteiger partial charge in [0.05, 0.1) is 11.9 Å². The van der Waals surface area contributed by atoms with Gasteiger partial charge < -0.3 is 19.1 Å². The molecule has 0 aliphatic carbocycles. The second-order valence-corrected chi connectivity index (χ2v) is 6.96. The van der Waals surface area contributed by atoms with Crippen LogP contribution in [0.2, 0.25) is 0 Å². The van der Waals surface area contributed by atoms with E-state index in [1.54, 1.807) is 11.8 Å². The smallest absolute Gasteiger partial charge is 0.359 e. The van der Waals surface area contributed by atoms with Crippen molar-refractivity contribution in [2.75, 3.05) is 39.6 Å². The molecule has 2 aliphatic heterocycles. The maximum atomic E-state index is 12.3. The normalized spacial score (nSPS) is 16.0. The molecule has 2 aromatic rings. The molecule has 0 bridgehead atoms. The summed E-state index contributed by atoms with van der Waals surface area (Å²) < 4.78 is 15.8. The quantitative estimate of drug-likeness (QED) is 0.689. The molecule has 0 unspecified atom stereocenters. The Hall–Kier alpha value is -3.20. The molecular weight excluding hydrogens is 376 g/mol. The summed E-state index contributed by atoms with van der Waals surface area (Å²) in [5.41, 5.74) is 1.94. The van der Waals surface area contributed by atoms with Crippen LogP contribution < -0.4 is 9.47 Å². The van der Waals surface area contributed by atoms with Crippen molar-refractivity contribution in [3.8, 4) is 11.5 Å². The van der Waals surface area contributed by atoms with Gasteiger partial charge in [-0.15, -0.1) is 0 Å². The van der Waals surface area contributed by atoms with E-state index in [9.17, 15) is 9.59 Å². The van der Waals surface area contributed by atoms with E-state index in [1.165, 1.54) is 12.4 Å². The summed E-state index contributed by atoms with van der Waals surface area (Å²) in [6, 6.07) is 5.94. The maximum Gasteiger partial charge on any atom is 0.359 e. The molecule has 152 valence electrons. The fraction of sp³-hybridized carbons (Fsp3) is 0.400. The van der Waals surface area contributed by atoms with Crippen molar-refractivity contribution in [3.63, 3.8) is 0 Å². The highest BCUT2D eigenvalue weighted by molar-refractivity contribution is 5.89. The molecule has 29 heavy (non-hydrogen) atoms. The molecule has 9 heteroatoms. The second-order valence-electron chi connectivity index (χ2n) is 6.96. The predicted molar refractivity (Wildman–Crippen MR) is 101 cm³/mol. The van der Waals surface area contributed by atoms with Crippen LogP contribution in [0.3, 0.4) is 0 Å². The van der Waals surface area contributed by atoms with E-state index in [0.717, 1.165) is 36.7 Å². The van der Waals surface area contributed by atoms with E-state index < -0.39 is 5.97 Å². The molecule has 1 fully saturated rings. The van der Waals surface area contributed by atoms with Crippen LogP contribution in [-0.4, -0.2) is 71.2 Å². The van der Waals surface area contributed by atoms with Crippen LogP contribution in [0.15, 0.2) is 30.6 Å². The maximum absolute atomic E-state index is 12.3. The van der Waals surface area contributed by atoms with Crippen molar-refractivity contribution in [2.24, 2.45) is 0 Å². The molecular formula is C20H22N4O5. The Kier molecular flexibility index (Phi) is 5.57. The number of hydrogen-bond acceptors (Lipinski definition) is 8. The SMILES string of the molecule is Cc1cnc(C(=O)OCC(=O)N2CCN(Cc3ccc4c(c3)OCO4)CC2)cn1. The number of esters is 1. The molecule has 4 rings (SSSR count). The lowest BCUT2D eigenvalue weighted by Crippen LogP contribution is -2.49. The summed E-state index contributed by atoms with van der Waals surface area (Å²) in [4.78, 5) is 36.2. The largest absolute Gasteiger partial charge is 0.454 e. The standard InChI is InChI=1S/C20H22N4O5/c1-14-9-22-16(10-21-14)20(26)27-12-19(25)24-6-4-23(5-7-24)11-15-2-3-17-18(8-15)29-13-28-17/h2-3,8-10H,4-7,11-13H2,1H3. The molecule has 1 aromatic carbocycles. The van der Waals surface area contributed by atoms with Crippen molar-refractivity contribution in [3.05, 3.63) is 47.5 Å². The number of hydrogen-bond donors (Lipinski definition) is 0. The van der Waals surface area contributed by atoms with Crippen molar-refractivity contribution >= 4 is 11.9 Å². The van der Waals surface area contributed by atoms with Crippen LogP contribution in [0.4, 0.5) is 0 Å². The monoisotopic (exact) mass is 398 g/mol. The number of carbonyl (C=O) groups is 2. The van der Waals surface area contributed by atoms with Gasteiger partial charge in [0.15, 0.2) is 23.8 Å². The first-order valence-electron chi connectivity index (χ1n) is 9.43. The van der Waals surface area contributed by atoms with Crippen LogP contribution in [-0.2, 0) is 16.1 Å². The summed E-state index contributed by atoms with van der Waals surface area (Å²) >= 11 is 0. The van der Waals surface area contributed by atoms with Gasteiger partial charge in [-0.2, -0.15) is 0 Å². The summed E-state index contributed by atoms with van der Waals surface area (Å²) in [6.07, 6.45) is 2.83. The number of carbonyl (C=O) groups excluding carboxylic acids is 2. The highest BCUT2D eigenvalue weighted by Crippen LogP contribution is 2.32. The summed E-state index contributed by atoms with van der Waals surface area (Å²) in [6.45, 7) is 5.19. The molecule has 0 N–H and O–H groups in total. The van der Waals surface area contributed by atoms with Gasteiger partial charge in [0.25, 0.3) is 5.91 Å². The first-order valence-corrected chi connectivity index (χ1v) is 9.43. The van der Waals surface area contributed by atoms with Gasteiger partial charge in [0.1, 0.15) is 0 Å². The molecule has 0 spiro atoms. The third kappa shape index (κ3) is 4.62. The minimum Gasteiger partial charge on any atom is -0.454 e. The zero-order valence-electron chi connectivity index (χ0n) is 16.2. The molecule has 0 saturated carbocycles. The number of amides is 1. The van der Waals surface area contributed by atoms with Crippen LogP contribution in [0.5, 0.6) is 11.5 Å². The van der Waals surface area contributed by atoms with E-state index in [0.29, 0.717) is 18.8 Å². The molecule has 1 saturated heterocycles. The first-order chi connectivity index (χ1) is 14.1. The van der Waals surface area contributed by atoms with Gasteiger partial charge in [-0.05, 0) is 24.6 Å². The van der Waals surface area contributed by atoms with Crippen molar-refractivity contribution in [1.82, 2.24) is 19.8 Å². The highest BCUT2D eigenvalue weighted by Gasteiger charge is 2.23. The van der Waals surface area contributed by atoms with Crippen LogP contribution in [0.25, 0.3) is 0 Å². The van der Waals surface area contributed by atoms with E-state index in [-0.39, 0.29) is 25.0 Å². The lowest BCUT2D eigenvalue weighted by molar-refractivity contribution is -0.136. The third-order valence-electron chi connectivity index (χ3n) is 4.88. The second kappa shape index (κ2) is 8.44. The zero-order valence-corrected chi connectivity index (χ0v) is 16.2. The van der Waals surface area contributed by atoms with Gasteiger partial charge in [-0.25, -0.2) is 9.78 Å². The van der Waals surface area contributed by atoms with Crippen molar-refractivity contribution < 1.29 is 23.8 Å². The molecule has 1 aromatic heterocycles. The molecule has 1 amide bonds. The first kappa shape index (κ1) is 19.1. The number of aryl methyl sites for hydroxylation is 1. The average molecular weight is 398 g/mol. The number of fused-ring (bicyclic) bond motifs is 1. The zero-order chi connectivity index (χ0) is 20.2. The lowest BCUT2D eigenvalue weighted by atomic mass is 10.1. The number of ether oxygens (including phenoxy) is 3. The number of aromatic nitrogens is 2. The van der Waals surface area contributed by atoms with Crippen molar-refractivity contribution in [1.29, 1.82) is 0 Å². The van der Waals surface area contributed by atoms with E-state index in [2.05, 4.69) is 14.9 Å². The van der Waals surface area contributed by atoms with Gasteiger partial charge in [0.2, 0.25) is 6.79 Å². The summed E-state index contributed by atoms with van der Waals surface area (Å²) in [7, 11) is 0. The Morgan fingerprint density at radius 1 is 1.07 bits per heavy atom. The van der Waals surface area contributed by atoms with Crippen molar-refractivity contribution in [2.45, 2.75) is 13.5 Å². The van der Waals surface area contributed by atoms with E-state index in [4.69, 9.17) is 14.2 Å². The Labute approximate surface area is 168 Å². The molecule has 3 heterocycles. The van der Waals surface area contributed by atoms with Gasteiger partial charge in [-0.1, -0.05) is 6.07 Å². The molecule has 9 nitrogen and oxygen atoms in total. The predicted octanol–water partition coefficient (Wildman–Crippen LogP) is 1.01. The Morgan fingerprint density at radius 2 is 1.86 bits per heavy atom. The lowest BCUT2D eigenvalue weighted by Gasteiger charge is -2.34. The number of piperazine rings is 1. The van der Waals surface area contributed by atoms with Crippen LogP contribution in [0, 0.1) is 6.92 Å². The van der Waals surface area contributed by atoms with Crippen LogP contribution >= 0.6 is 0 Å². The van der Waals surface area contributed by atoms with Crippen LogP contribution in [0.1, 0.15) is 21.7 Å². The molecule has 0 radical (unpaired) electrons. The van der Waals surface area contributed by atoms with Gasteiger partial charge in [0, 0.05) is 38.9 Å². The molecule has 2 aliphatic rings. The summed E-state index contributed by atoms with van der Waals surface area (Å²) in [5.74, 6) is 0.695. The molecule has 0 atom stereocenters. The topological polar surface area (TPSA) is 94.1 Å². The van der Waals surface area contributed by atoms with E-state index in [1.807, 2.05) is 18.2 Å². The fourth-order valence-electron chi connectivity index (χ4n) is 3.24. The minimum atomic E-state index is -0.646. The number of benzene rings is 1. The Balaban J connectivity index is 1.22. The number of nitrogens with zero attached hydrogens (tertiary/aromatic N) is 4.